The van der Waals surface area contributed by atoms with E-state index in [1.807, 2.05) is 0 Å². The molecular formula is C26H45N5O18. The second kappa shape index (κ2) is 19.9. The summed E-state index contributed by atoms with van der Waals surface area (Å²) in [6.45, 7) is -5.62. The number of aliphatic hydroxyl groups excluding tert-OH is 8. The van der Waals surface area contributed by atoms with E-state index in [4.69, 9.17) is 9.47 Å². The highest BCUT2D eigenvalue weighted by molar-refractivity contribution is 5.80. The van der Waals surface area contributed by atoms with Crippen LogP contribution in [0.1, 0.15) is 0 Å². The van der Waals surface area contributed by atoms with Crippen molar-refractivity contribution in [3.63, 3.8) is 0 Å². The maximum Gasteiger partial charge on any atom is 0.317 e. The summed E-state index contributed by atoms with van der Waals surface area (Å²) in [6.07, 6.45) is -13.2. The van der Waals surface area contributed by atoms with Crippen molar-refractivity contribution < 1.29 is 89.6 Å². The topological polar surface area (TPSA) is 360 Å². The first kappa shape index (κ1) is 42.0. The van der Waals surface area contributed by atoms with Crippen LogP contribution in [0.15, 0.2) is 0 Å². The number of ether oxygens (including phenoxy) is 2. The van der Waals surface area contributed by atoms with Gasteiger partial charge in [-0.1, -0.05) is 0 Å². The molecule has 2 amide bonds. The van der Waals surface area contributed by atoms with E-state index in [2.05, 4.69) is 10.6 Å². The Morgan fingerprint density at radius 2 is 0.796 bits per heavy atom. The smallest absolute Gasteiger partial charge is 0.317 e. The van der Waals surface area contributed by atoms with Crippen molar-refractivity contribution in [3.8, 4) is 0 Å². The summed E-state index contributed by atoms with van der Waals surface area (Å²) in [4.78, 5) is 63.3. The third kappa shape index (κ3) is 13.2. The lowest BCUT2D eigenvalue weighted by atomic mass is 9.97. The number of hydrogen-bond acceptors (Lipinski definition) is 18. The van der Waals surface area contributed by atoms with Gasteiger partial charge in [0.05, 0.1) is 45.9 Å². The van der Waals surface area contributed by atoms with E-state index >= 15 is 0 Å². The Morgan fingerprint density at radius 1 is 0.490 bits per heavy atom. The van der Waals surface area contributed by atoms with Gasteiger partial charge in [-0.2, -0.15) is 0 Å². The summed E-state index contributed by atoms with van der Waals surface area (Å²) >= 11 is 0. The van der Waals surface area contributed by atoms with Gasteiger partial charge in [0.25, 0.3) is 0 Å². The van der Waals surface area contributed by atoms with Gasteiger partial charge < -0.3 is 76.3 Å². The second-order valence-corrected chi connectivity index (χ2v) is 11.5. The molecule has 2 heterocycles. The molecule has 0 bridgehead atoms. The van der Waals surface area contributed by atoms with Crippen LogP contribution in [0.2, 0.25) is 0 Å². The molecule has 0 aliphatic carbocycles. The molecule has 49 heavy (non-hydrogen) atoms. The fraction of sp³-hybridized carbons (Fsp3) is 0.808. The molecule has 0 aromatic carbocycles. The summed E-state index contributed by atoms with van der Waals surface area (Å²) in [5.41, 5.74) is 0. The molecule has 0 aromatic heterocycles. The van der Waals surface area contributed by atoms with Crippen molar-refractivity contribution in [2.45, 2.75) is 61.3 Å². The molecule has 0 spiro atoms. The Hall–Kier alpha value is -3.17. The number of aliphatic carboxylic acids is 3. The first-order valence-corrected chi connectivity index (χ1v) is 15.0. The van der Waals surface area contributed by atoms with Crippen molar-refractivity contribution in [3.05, 3.63) is 0 Å². The maximum absolute atomic E-state index is 12.7. The number of carboxylic acids is 3. The number of aliphatic hydroxyl groups is 8. The number of carbonyl (C=O) groups is 5. The Morgan fingerprint density at radius 3 is 1.10 bits per heavy atom. The standard InChI is InChI=1S/C26H45N5O18/c32-10-12-21(42)23(44)19(25(46)48-12)27-14(34)5-30(8-17(38)39)3-1-29(7-16(36)37)2-4-31(9-18(40)41)6-15(35)28-20-24(45)22(43)13(11-33)49-26(20)47/h12-13,19-26,32-33,42-47H,1-11H2,(H,27,34)(H,28,35)(H,36,37)(H,38,39)(H,40,41)/t12-,13-,19-,20-,21-,22-,23-,24-,25?,26?/m1/s1. The zero-order chi connectivity index (χ0) is 37.0. The molecule has 13 N–H and O–H groups in total. The third-order valence-corrected chi connectivity index (χ3v) is 7.73. The molecule has 2 unspecified atom stereocenters. The second-order valence-electron chi connectivity index (χ2n) is 11.5. The number of amides is 2. The predicted molar refractivity (Wildman–Crippen MR) is 156 cm³/mol. The minimum absolute atomic E-state index is 0.184. The lowest BCUT2D eigenvalue weighted by Gasteiger charge is -2.40. The number of hydrogen-bond donors (Lipinski definition) is 13. The fourth-order valence-corrected chi connectivity index (χ4v) is 5.21. The van der Waals surface area contributed by atoms with Gasteiger partial charge in [-0.15, -0.1) is 0 Å². The molecule has 0 aromatic rings. The van der Waals surface area contributed by atoms with E-state index in [-0.39, 0.29) is 26.2 Å². The van der Waals surface area contributed by atoms with Crippen LogP contribution in [0.5, 0.6) is 0 Å². The number of rotatable bonds is 20. The van der Waals surface area contributed by atoms with Gasteiger partial charge in [-0.05, 0) is 0 Å². The first-order chi connectivity index (χ1) is 23.0. The monoisotopic (exact) mass is 715 g/mol. The third-order valence-electron chi connectivity index (χ3n) is 7.73. The SMILES string of the molecule is O=C(O)CN(CCN(CC(=O)O)CC(=O)N[C@H]1C(O)O[C@H](CO)[C@@H](O)[C@@H]1O)CCN(CC(=O)O)CC(=O)N[C@H]1C(O)O[C@H](CO)[C@@H](O)[C@@H]1O. The quantitative estimate of drug-likeness (QED) is 0.0556. The number of nitrogens with one attached hydrogen (secondary N) is 2. The molecule has 0 saturated carbocycles. The Kier molecular flexibility index (Phi) is 17.0. The lowest BCUT2D eigenvalue weighted by Crippen LogP contribution is -2.64. The molecule has 2 rings (SSSR count). The van der Waals surface area contributed by atoms with E-state index in [1.165, 1.54) is 4.90 Å². The normalized spacial score (nSPS) is 30.3. The number of carboxylic acid groups (broad SMARTS) is 3. The largest absolute Gasteiger partial charge is 0.480 e. The highest BCUT2D eigenvalue weighted by Gasteiger charge is 2.45. The first-order valence-electron chi connectivity index (χ1n) is 15.0. The van der Waals surface area contributed by atoms with Crippen LogP contribution in [0, 0.1) is 0 Å². The molecule has 2 fully saturated rings. The summed E-state index contributed by atoms with van der Waals surface area (Å²) in [7, 11) is 0. The molecular weight excluding hydrogens is 670 g/mol. The van der Waals surface area contributed by atoms with E-state index in [1.54, 1.807) is 0 Å². The van der Waals surface area contributed by atoms with Crippen LogP contribution in [-0.2, 0) is 33.4 Å². The maximum atomic E-state index is 12.7. The van der Waals surface area contributed by atoms with Crippen molar-refractivity contribution in [1.82, 2.24) is 25.3 Å². The molecule has 2 saturated heterocycles. The van der Waals surface area contributed by atoms with Crippen LogP contribution in [0.4, 0.5) is 0 Å². The minimum atomic E-state index is -1.83. The molecule has 0 radical (unpaired) electrons. The predicted octanol–water partition coefficient (Wildman–Crippen LogP) is -9.02. The molecule has 2 aliphatic heterocycles. The summed E-state index contributed by atoms with van der Waals surface area (Å²) in [6, 6.07) is -3.09. The van der Waals surface area contributed by atoms with Crippen molar-refractivity contribution in [1.29, 1.82) is 0 Å². The molecule has 23 nitrogen and oxygen atoms in total. The van der Waals surface area contributed by atoms with Crippen LogP contribution in [-0.4, -0.2) is 234 Å². The minimum Gasteiger partial charge on any atom is -0.480 e. The summed E-state index contributed by atoms with van der Waals surface area (Å²) < 4.78 is 9.94. The van der Waals surface area contributed by atoms with E-state index in [9.17, 15) is 80.1 Å². The van der Waals surface area contributed by atoms with Gasteiger partial charge >= 0.3 is 17.9 Å². The average Bonchev–Trinajstić information content (AvgIpc) is 3.01. The van der Waals surface area contributed by atoms with Crippen LogP contribution in [0.25, 0.3) is 0 Å². The zero-order valence-corrected chi connectivity index (χ0v) is 26.2. The van der Waals surface area contributed by atoms with Gasteiger partial charge in [0.1, 0.15) is 48.7 Å². The van der Waals surface area contributed by atoms with Crippen LogP contribution >= 0.6 is 0 Å². The lowest BCUT2D eigenvalue weighted by molar-refractivity contribution is -0.254. The average molecular weight is 716 g/mol. The van der Waals surface area contributed by atoms with Gasteiger partial charge in [0.2, 0.25) is 11.8 Å². The van der Waals surface area contributed by atoms with E-state index in [0.717, 1.165) is 9.80 Å². The van der Waals surface area contributed by atoms with Crippen molar-refractivity contribution in [2.75, 3.05) is 72.1 Å². The fourth-order valence-electron chi connectivity index (χ4n) is 5.21. The van der Waals surface area contributed by atoms with E-state index in [0.29, 0.717) is 0 Å². The van der Waals surface area contributed by atoms with Crippen molar-refractivity contribution >= 4 is 29.7 Å². The molecule has 23 heteroatoms. The Labute approximate surface area is 278 Å². The molecule has 282 valence electrons. The highest BCUT2D eigenvalue weighted by atomic mass is 16.6. The summed E-state index contributed by atoms with van der Waals surface area (Å²) in [5, 5.41) is 112. The Bertz CT molecular complexity index is 1040. The van der Waals surface area contributed by atoms with Gasteiger partial charge in [0, 0.05) is 26.2 Å². The highest BCUT2D eigenvalue weighted by Crippen LogP contribution is 2.21. The van der Waals surface area contributed by atoms with E-state index < -0.39 is 137 Å². The molecule has 2 aliphatic rings. The van der Waals surface area contributed by atoms with Gasteiger partial charge in [0.15, 0.2) is 12.6 Å². The van der Waals surface area contributed by atoms with Crippen LogP contribution in [0.3, 0.4) is 0 Å². The van der Waals surface area contributed by atoms with Gasteiger partial charge in [-0.25, -0.2) is 0 Å². The van der Waals surface area contributed by atoms with Crippen molar-refractivity contribution in [2.24, 2.45) is 0 Å². The number of nitrogens with zero attached hydrogens (tertiary/aromatic N) is 3. The number of carbonyl (C=O) groups excluding carboxylic acids is 2. The molecule has 10 atom stereocenters. The zero-order valence-electron chi connectivity index (χ0n) is 26.2. The Balaban J connectivity index is 2.03. The van der Waals surface area contributed by atoms with Crippen LogP contribution < -0.4 is 10.6 Å². The summed E-state index contributed by atoms with van der Waals surface area (Å²) in [5.74, 6) is -5.87. The van der Waals surface area contributed by atoms with Gasteiger partial charge in [-0.3, -0.25) is 38.7 Å².